The van der Waals surface area contributed by atoms with Crippen LogP contribution in [0.5, 0.6) is 5.75 Å². The fourth-order valence-corrected chi connectivity index (χ4v) is 2.91. The zero-order chi connectivity index (χ0) is 16.2. The topological polar surface area (TPSA) is 47.4 Å². The molecule has 0 atom stereocenters. The van der Waals surface area contributed by atoms with E-state index >= 15 is 0 Å². The lowest BCUT2D eigenvalue weighted by atomic mass is 10.1. The highest BCUT2D eigenvalue weighted by Crippen LogP contribution is 2.32. The fraction of sp³-hybridized carbons (Fsp3) is 0.389. The maximum Gasteiger partial charge on any atom is 0.212 e. The molecule has 0 amide bonds. The van der Waals surface area contributed by atoms with E-state index in [1.807, 2.05) is 6.07 Å². The maximum absolute atomic E-state index is 5.63. The Kier molecular flexibility index (Phi) is 4.79. The molecule has 0 radical (unpaired) electrons. The Hall–Kier alpha value is -2.11. The molecule has 0 aliphatic carbocycles. The molecule has 1 N–H and O–H groups in total. The van der Waals surface area contributed by atoms with Crippen molar-refractivity contribution in [3.05, 3.63) is 36.2 Å². The number of para-hydroxylation sites is 1. The molecular formula is C18H23N2O3+. The lowest BCUT2D eigenvalue weighted by Gasteiger charge is -2.07. The van der Waals surface area contributed by atoms with E-state index in [0.29, 0.717) is 19.8 Å². The Balaban J connectivity index is 1.97. The monoisotopic (exact) mass is 315 g/mol. The summed E-state index contributed by atoms with van der Waals surface area (Å²) in [7, 11) is 3.39. The molecule has 0 fully saturated rings. The molecule has 2 heterocycles. The van der Waals surface area contributed by atoms with Gasteiger partial charge >= 0.3 is 0 Å². The van der Waals surface area contributed by atoms with Crippen LogP contribution in [-0.4, -0.2) is 39.0 Å². The van der Waals surface area contributed by atoms with Crippen molar-refractivity contribution in [3.8, 4) is 5.75 Å². The van der Waals surface area contributed by atoms with E-state index in [1.54, 1.807) is 14.2 Å². The van der Waals surface area contributed by atoms with E-state index in [0.717, 1.165) is 28.7 Å². The van der Waals surface area contributed by atoms with Gasteiger partial charge in [-0.3, -0.25) is 0 Å². The molecule has 23 heavy (non-hydrogen) atoms. The summed E-state index contributed by atoms with van der Waals surface area (Å²) in [4.78, 5) is 3.51. The molecule has 2 aromatic heterocycles. The van der Waals surface area contributed by atoms with Gasteiger partial charge in [-0.15, -0.1) is 0 Å². The molecule has 122 valence electrons. The molecule has 0 aliphatic rings. The third kappa shape index (κ3) is 3.02. The van der Waals surface area contributed by atoms with Crippen LogP contribution in [-0.2, 0) is 16.0 Å². The number of H-pyrrole nitrogens is 1. The third-order valence-corrected chi connectivity index (χ3v) is 4.15. The molecule has 0 bridgehead atoms. The van der Waals surface area contributed by atoms with Crippen molar-refractivity contribution in [1.82, 2.24) is 4.98 Å². The highest BCUT2D eigenvalue weighted by molar-refractivity contribution is 6.10. The highest BCUT2D eigenvalue weighted by atomic mass is 16.5. The number of aryl methyl sites for hydroxylation is 1. The van der Waals surface area contributed by atoms with Gasteiger partial charge in [-0.25, -0.2) is 0 Å². The molecule has 0 saturated heterocycles. The number of aromatic amines is 1. The number of nitrogens with one attached hydrogen (secondary N) is 1. The molecule has 0 saturated carbocycles. The summed E-state index contributed by atoms with van der Waals surface area (Å²) in [5.74, 6) is 0.875. The summed E-state index contributed by atoms with van der Waals surface area (Å²) in [5, 5.41) is 2.32. The standard InChI is InChI=1S/C18H22N2O3/c1-13-18-17(14-6-4-5-7-15(14)19-18)16(22-3)12-20(13)8-9-23-11-10-21-2/h4-7,12H,8-11H2,1-3H3/p+1. The molecule has 3 aromatic rings. The normalized spacial score (nSPS) is 11.4. The van der Waals surface area contributed by atoms with Crippen LogP contribution in [0.15, 0.2) is 30.5 Å². The Morgan fingerprint density at radius 1 is 1.09 bits per heavy atom. The van der Waals surface area contributed by atoms with Gasteiger partial charge < -0.3 is 19.2 Å². The van der Waals surface area contributed by atoms with Crippen LogP contribution in [0, 0.1) is 6.92 Å². The Labute approximate surface area is 135 Å². The van der Waals surface area contributed by atoms with Crippen molar-refractivity contribution in [1.29, 1.82) is 0 Å². The van der Waals surface area contributed by atoms with Gasteiger partial charge in [-0.1, -0.05) is 18.2 Å². The predicted molar refractivity (Wildman–Crippen MR) is 90.0 cm³/mol. The Morgan fingerprint density at radius 2 is 1.91 bits per heavy atom. The van der Waals surface area contributed by atoms with Gasteiger partial charge in [-0.2, -0.15) is 4.57 Å². The third-order valence-electron chi connectivity index (χ3n) is 4.15. The number of hydrogen-bond acceptors (Lipinski definition) is 3. The number of nitrogens with zero attached hydrogens (tertiary/aromatic N) is 1. The van der Waals surface area contributed by atoms with E-state index in [-0.39, 0.29) is 0 Å². The van der Waals surface area contributed by atoms with Crippen molar-refractivity contribution in [2.24, 2.45) is 0 Å². The summed E-state index contributed by atoms with van der Waals surface area (Å²) < 4.78 is 18.4. The van der Waals surface area contributed by atoms with Gasteiger partial charge in [0.15, 0.2) is 12.3 Å². The molecule has 5 nitrogen and oxygen atoms in total. The van der Waals surface area contributed by atoms with Crippen LogP contribution in [0.4, 0.5) is 0 Å². The SMILES string of the molecule is COCCOCC[n+]1cc(OC)c2c([nH]c3ccccc32)c1C. The number of pyridine rings is 1. The minimum absolute atomic E-state index is 0.613. The number of fused-ring (bicyclic) bond motifs is 3. The molecule has 1 aromatic carbocycles. The molecule has 0 unspecified atom stereocenters. The van der Waals surface area contributed by atoms with Gasteiger partial charge in [0, 0.05) is 24.9 Å². The number of hydrogen-bond donors (Lipinski definition) is 1. The van der Waals surface area contributed by atoms with Crippen LogP contribution in [0.1, 0.15) is 5.69 Å². The highest BCUT2D eigenvalue weighted by Gasteiger charge is 2.20. The van der Waals surface area contributed by atoms with Crippen molar-refractivity contribution in [2.45, 2.75) is 13.5 Å². The largest absolute Gasteiger partial charge is 0.490 e. The second-order valence-corrected chi connectivity index (χ2v) is 5.50. The van der Waals surface area contributed by atoms with E-state index in [9.17, 15) is 0 Å². The smallest absolute Gasteiger partial charge is 0.212 e. The quantitative estimate of drug-likeness (QED) is 0.538. The van der Waals surface area contributed by atoms with Crippen molar-refractivity contribution >= 4 is 21.8 Å². The minimum Gasteiger partial charge on any atom is -0.490 e. The predicted octanol–water partition coefficient (Wildman–Crippen LogP) is 2.59. The van der Waals surface area contributed by atoms with E-state index in [2.05, 4.69) is 40.9 Å². The lowest BCUT2D eigenvalue weighted by molar-refractivity contribution is -0.703. The summed E-state index contributed by atoms with van der Waals surface area (Å²) in [6.45, 7) is 4.77. The number of ether oxygens (including phenoxy) is 3. The first-order valence-corrected chi connectivity index (χ1v) is 7.80. The summed E-state index contributed by atoms with van der Waals surface area (Å²) >= 11 is 0. The van der Waals surface area contributed by atoms with E-state index in [1.165, 1.54) is 11.1 Å². The van der Waals surface area contributed by atoms with E-state index < -0.39 is 0 Å². The van der Waals surface area contributed by atoms with Crippen molar-refractivity contribution in [2.75, 3.05) is 34.0 Å². The zero-order valence-electron chi connectivity index (χ0n) is 13.9. The minimum atomic E-state index is 0.613. The second kappa shape index (κ2) is 6.98. The van der Waals surface area contributed by atoms with Gasteiger partial charge in [0.25, 0.3) is 0 Å². The lowest BCUT2D eigenvalue weighted by Crippen LogP contribution is -2.39. The molecular weight excluding hydrogens is 292 g/mol. The van der Waals surface area contributed by atoms with Crippen LogP contribution in [0.2, 0.25) is 0 Å². The first kappa shape index (κ1) is 15.8. The van der Waals surface area contributed by atoms with Crippen molar-refractivity contribution < 1.29 is 18.8 Å². The number of methoxy groups -OCH3 is 2. The van der Waals surface area contributed by atoms with Crippen LogP contribution >= 0.6 is 0 Å². The number of rotatable bonds is 7. The summed E-state index contributed by atoms with van der Waals surface area (Å²) in [6, 6.07) is 8.30. The van der Waals surface area contributed by atoms with Gasteiger partial charge in [-0.05, 0) is 6.07 Å². The van der Waals surface area contributed by atoms with Gasteiger partial charge in [0.1, 0.15) is 12.1 Å². The van der Waals surface area contributed by atoms with Crippen LogP contribution in [0.3, 0.4) is 0 Å². The van der Waals surface area contributed by atoms with Crippen LogP contribution in [0.25, 0.3) is 21.8 Å². The van der Waals surface area contributed by atoms with Crippen LogP contribution < -0.4 is 9.30 Å². The maximum atomic E-state index is 5.63. The Morgan fingerprint density at radius 3 is 2.70 bits per heavy atom. The molecule has 5 heteroatoms. The summed E-state index contributed by atoms with van der Waals surface area (Å²) in [5.41, 5.74) is 3.41. The van der Waals surface area contributed by atoms with Gasteiger partial charge in [0.05, 0.1) is 25.7 Å². The second-order valence-electron chi connectivity index (χ2n) is 5.50. The van der Waals surface area contributed by atoms with E-state index in [4.69, 9.17) is 14.2 Å². The Bertz CT molecular complexity index is 811. The average molecular weight is 315 g/mol. The molecule has 3 rings (SSSR count). The molecule has 0 aliphatic heterocycles. The average Bonchev–Trinajstić information content (AvgIpc) is 2.97. The van der Waals surface area contributed by atoms with Gasteiger partial charge in [0.2, 0.25) is 11.9 Å². The van der Waals surface area contributed by atoms with Crippen molar-refractivity contribution in [3.63, 3.8) is 0 Å². The zero-order valence-corrected chi connectivity index (χ0v) is 13.9. The fourth-order valence-electron chi connectivity index (χ4n) is 2.91. The number of aromatic nitrogens is 2. The molecule has 0 spiro atoms. The first-order chi connectivity index (χ1) is 11.3. The summed E-state index contributed by atoms with van der Waals surface area (Å²) in [6.07, 6.45) is 2.05. The first-order valence-electron chi connectivity index (χ1n) is 7.80. The number of benzene rings is 1.